The van der Waals surface area contributed by atoms with Crippen LogP contribution in [0.3, 0.4) is 0 Å². The number of rotatable bonds is 5. The van der Waals surface area contributed by atoms with Crippen LogP contribution >= 0.6 is 11.6 Å². The first kappa shape index (κ1) is 22.1. The minimum Gasteiger partial charge on any atom is -0.464 e. The Hall–Kier alpha value is -1.63. The van der Waals surface area contributed by atoms with E-state index in [0.717, 1.165) is 23.1 Å². The van der Waals surface area contributed by atoms with Gasteiger partial charge < -0.3 is 19.5 Å². The van der Waals surface area contributed by atoms with Gasteiger partial charge in [0, 0.05) is 17.9 Å². The second-order valence-electron chi connectivity index (χ2n) is 8.01. The van der Waals surface area contributed by atoms with Crippen LogP contribution in [0.1, 0.15) is 55.7 Å². The van der Waals surface area contributed by atoms with E-state index in [-0.39, 0.29) is 24.9 Å². The van der Waals surface area contributed by atoms with E-state index in [1.54, 1.807) is 6.92 Å². The number of carbonyl (C=O) groups is 2. The van der Waals surface area contributed by atoms with E-state index in [2.05, 4.69) is 5.32 Å². The first-order valence-corrected chi connectivity index (χ1v) is 10.7. The van der Waals surface area contributed by atoms with E-state index >= 15 is 0 Å². The molecule has 0 aromatic heterocycles. The van der Waals surface area contributed by atoms with Crippen molar-refractivity contribution >= 4 is 23.5 Å². The number of nitrogens with one attached hydrogen (secondary N) is 1. The second kappa shape index (κ2) is 9.02. The number of ether oxygens (including phenoxy) is 3. The Morgan fingerprint density at radius 3 is 2.24 bits per heavy atom. The monoisotopic (exact) mass is 423 g/mol. The Morgan fingerprint density at radius 1 is 1.10 bits per heavy atom. The molecular weight excluding hydrogens is 394 g/mol. The molecular formula is C22H30ClNO5. The van der Waals surface area contributed by atoms with Crippen molar-refractivity contribution in [2.45, 2.75) is 70.6 Å². The molecule has 1 amide bonds. The van der Waals surface area contributed by atoms with Crippen LogP contribution in [0.5, 0.6) is 0 Å². The fourth-order valence-corrected chi connectivity index (χ4v) is 4.63. The highest BCUT2D eigenvalue weighted by Crippen LogP contribution is 2.40. The maximum atomic E-state index is 12.9. The first-order valence-electron chi connectivity index (χ1n) is 10.3. The lowest BCUT2D eigenvalue weighted by atomic mass is 9.78. The third-order valence-corrected chi connectivity index (χ3v) is 6.15. The summed E-state index contributed by atoms with van der Waals surface area (Å²) in [6.07, 6.45) is 3.01. The summed E-state index contributed by atoms with van der Waals surface area (Å²) in [5.41, 5.74) is 1.80. The molecule has 7 heteroatoms. The number of halogens is 1. The molecule has 1 aliphatic heterocycles. The normalized spacial score (nSPS) is 20.3. The average Bonchev–Trinajstić information content (AvgIpc) is 2.68. The zero-order valence-corrected chi connectivity index (χ0v) is 18.2. The van der Waals surface area contributed by atoms with Crippen molar-refractivity contribution in [1.29, 1.82) is 0 Å². The van der Waals surface area contributed by atoms with Gasteiger partial charge in [0.1, 0.15) is 5.54 Å². The third-order valence-electron chi connectivity index (χ3n) is 5.93. The van der Waals surface area contributed by atoms with Crippen molar-refractivity contribution in [2.75, 3.05) is 19.8 Å². The summed E-state index contributed by atoms with van der Waals surface area (Å²) in [6.45, 7) is 7.23. The molecule has 1 spiro atoms. The van der Waals surface area contributed by atoms with Gasteiger partial charge in [-0.15, -0.1) is 0 Å². The number of benzene rings is 1. The Labute approximate surface area is 177 Å². The number of amides is 1. The van der Waals surface area contributed by atoms with E-state index < -0.39 is 11.3 Å². The molecule has 0 radical (unpaired) electrons. The van der Waals surface area contributed by atoms with E-state index in [1.165, 1.54) is 0 Å². The van der Waals surface area contributed by atoms with Gasteiger partial charge in [-0.05, 0) is 68.9 Å². The third kappa shape index (κ3) is 4.93. The number of carbonyl (C=O) groups excluding carboxylic acids is 2. The summed E-state index contributed by atoms with van der Waals surface area (Å²) in [4.78, 5) is 25.8. The Morgan fingerprint density at radius 2 is 1.69 bits per heavy atom. The highest BCUT2D eigenvalue weighted by atomic mass is 35.5. The minimum atomic E-state index is -1.04. The Kier molecular flexibility index (Phi) is 6.87. The largest absolute Gasteiger partial charge is 0.464 e. The quantitative estimate of drug-likeness (QED) is 0.732. The lowest BCUT2D eigenvalue weighted by molar-refractivity contribution is -0.284. The van der Waals surface area contributed by atoms with Gasteiger partial charge in [-0.1, -0.05) is 11.6 Å². The summed E-state index contributed by atoms with van der Waals surface area (Å²) in [5, 5.41) is 3.65. The summed E-state index contributed by atoms with van der Waals surface area (Å²) >= 11 is 6.10. The summed E-state index contributed by atoms with van der Waals surface area (Å²) in [7, 11) is 0. The second-order valence-corrected chi connectivity index (χ2v) is 8.44. The van der Waals surface area contributed by atoms with Gasteiger partial charge in [0.05, 0.1) is 26.2 Å². The molecule has 1 aliphatic carbocycles. The molecule has 1 heterocycles. The smallest absolute Gasteiger partial charge is 0.331 e. The zero-order valence-electron chi connectivity index (χ0n) is 17.4. The van der Waals surface area contributed by atoms with Crippen LogP contribution in [0.2, 0.25) is 5.02 Å². The highest BCUT2D eigenvalue weighted by molar-refractivity contribution is 6.30. The lowest BCUT2D eigenvalue weighted by Gasteiger charge is -2.46. The van der Waals surface area contributed by atoms with Crippen molar-refractivity contribution in [1.82, 2.24) is 5.32 Å². The predicted octanol–water partition coefficient (Wildman–Crippen LogP) is 3.62. The van der Waals surface area contributed by atoms with Crippen molar-refractivity contribution in [3.63, 3.8) is 0 Å². The zero-order chi connectivity index (χ0) is 21.1. The topological polar surface area (TPSA) is 73.9 Å². The van der Waals surface area contributed by atoms with Gasteiger partial charge in [0.25, 0.3) is 0 Å². The number of hydrogen-bond donors (Lipinski definition) is 1. The van der Waals surface area contributed by atoms with Crippen molar-refractivity contribution in [2.24, 2.45) is 0 Å². The number of esters is 1. The van der Waals surface area contributed by atoms with Crippen molar-refractivity contribution in [3.8, 4) is 0 Å². The van der Waals surface area contributed by atoms with Crippen LogP contribution in [-0.4, -0.2) is 43.0 Å². The molecule has 1 aromatic carbocycles. The van der Waals surface area contributed by atoms with Crippen LogP contribution in [0.4, 0.5) is 0 Å². The van der Waals surface area contributed by atoms with E-state index in [0.29, 0.717) is 43.9 Å². The minimum absolute atomic E-state index is 0.189. The standard InChI is InChI=1S/C22H30ClNO5/c1-4-27-20(26)21(6-8-22(9-7-21)28-10-5-11-29-22)24-19(25)14-18-15(2)12-17(23)13-16(18)3/h12-13H,4-11,14H2,1-3H3,(H,24,25). The van der Waals surface area contributed by atoms with E-state index in [9.17, 15) is 9.59 Å². The molecule has 6 nitrogen and oxygen atoms in total. The molecule has 1 saturated carbocycles. The highest BCUT2D eigenvalue weighted by Gasteiger charge is 2.50. The average molecular weight is 424 g/mol. The van der Waals surface area contributed by atoms with Crippen LogP contribution in [0.15, 0.2) is 12.1 Å². The summed E-state index contributed by atoms with van der Waals surface area (Å²) < 4.78 is 17.1. The van der Waals surface area contributed by atoms with Gasteiger partial charge in [-0.3, -0.25) is 4.79 Å². The van der Waals surface area contributed by atoms with Crippen LogP contribution in [0.25, 0.3) is 0 Å². The lowest BCUT2D eigenvalue weighted by Crippen LogP contribution is -2.60. The summed E-state index contributed by atoms with van der Waals surface area (Å²) in [5.74, 6) is -1.22. The van der Waals surface area contributed by atoms with Gasteiger partial charge in [-0.25, -0.2) is 4.79 Å². The predicted molar refractivity (Wildman–Crippen MR) is 110 cm³/mol. The van der Waals surface area contributed by atoms with Gasteiger partial charge in [0.15, 0.2) is 5.79 Å². The molecule has 1 aromatic rings. The summed E-state index contributed by atoms with van der Waals surface area (Å²) in [6, 6.07) is 3.70. The van der Waals surface area contributed by atoms with Crippen LogP contribution in [0, 0.1) is 13.8 Å². The van der Waals surface area contributed by atoms with Crippen molar-refractivity contribution in [3.05, 3.63) is 33.8 Å². The maximum Gasteiger partial charge on any atom is 0.331 e. The number of aryl methyl sites for hydroxylation is 2. The fourth-order valence-electron chi connectivity index (χ4n) is 4.30. The molecule has 1 N–H and O–H groups in total. The van der Waals surface area contributed by atoms with Gasteiger partial charge in [-0.2, -0.15) is 0 Å². The molecule has 160 valence electrons. The Balaban J connectivity index is 1.74. The van der Waals surface area contributed by atoms with Gasteiger partial charge in [0.2, 0.25) is 5.91 Å². The maximum absolute atomic E-state index is 12.9. The van der Waals surface area contributed by atoms with E-state index in [4.69, 9.17) is 25.8 Å². The molecule has 29 heavy (non-hydrogen) atoms. The first-order chi connectivity index (χ1) is 13.8. The molecule has 3 rings (SSSR count). The van der Waals surface area contributed by atoms with E-state index in [1.807, 2.05) is 26.0 Å². The molecule has 1 saturated heterocycles. The number of hydrogen-bond acceptors (Lipinski definition) is 5. The molecule has 2 aliphatic rings. The van der Waals surface area contributed by atoms with Crippen LogP contribution in [-0.2, 0) is 30.2 Å². The molecule has 0 bridgehead atoms. The SMILES string of the molecule is CCOC(=O)C1(NC(=O)Cc2c(C)cc(Cl)cc2C)CCC2(CC1)OCCCO2. The van der Waals surface area contributed by atoms with Crippen molar-refractivity contribution < 1.29 is 23.8 Å². The molecule has 2 fully saturated rings. The van der Waals surface area contributed by atoms with Gasteiger partial charge >= 0.3 is 5.97 Å². The molecule has 0 unspecified atom stereocenters. The Bertz CT molecular complexity index is 739. The molecule has 0 atom stereocenters. The van der Waals surface area contributed by atoms with Crippen LogP contribution < -0.4 is 5.32 Å². The fraction of sp³-hybridized carbons (Fsp3) is 0.636.